The molecule has 19 nitrogen and oxygen atoms in total. The van der Waals surface area contributed by atoms with Gasteiger partial charge in [0.15, 0.2) is 8.07 Å². The Morgan fingerprint density at radius 3 is 1.08 bits per heavy atom. The summed E-state index contributed by atoms with van der Waals surface area (Å²) in [4.78, 5) is 37.5. The first-order valence-electron chi connectivity index (χ1n) is 48.7. The Hall–Kier alpha value is -15.1. The van der Waals surface area contributed by atoms with E-state index in [1.54, 1.807) is 30.5 Å². The molecule has 0 atom stereocenters. The van der Waals surface area contributed by atoms with E-state index in [4.69, 9.17) is 4.98 Å². The smallest absolute Gasteiger partial charge is 0.506 e. The topological polar surface area (TPSA) is 172 Å². The maximum atomic E-state index is 10.6. The summed E-state index contributed by atoms with van der Waals surface area (Å²) in [5.74, 6) is 3.55. The Bertz CT molecular complexity index is 8040. The van der Waals surface area contributed by atoms with Crippen molar-refractivity contribution in [1.29, 1.82) is 0 Å². The molecule has 20 aromatic rings. The molecule has 0 bridgehead atoms. The Kier molecular flexibility index (Phi) is 32.2. The molecule has 4 N–H and O–H groups in total. The van der Waals surface area contributed by atoms with E-state index in [2.05, 4.69) is 352 Å². The van der Waals surface area contributed by atoms with Gasteiger partial charge in [-0.15, -0.1) is 45.8 Å². The van der Waals surface area contributed by atoms with Gasteiger partial charge in [-0.1, -0.05) is 217 Å². The molecule has 14 aromatic carbocycles. The number of anilines is 9. The first-order valence-corrected chi connectivity index (χ1v) is 50.7. The van der Waals surface area contributed by atoms with Crippen molar-refractivity contribution in [2.24, 2.45) is 0 Å². The Balaban J connectivity index is 0.000000135. The van der Waals surface area contributed by atoms with E-state index in [0.29, 0.717) is 0 Å². The summed E-state index contributed by atoms with van der Waals surface area (Å²) >= 11 is 0. The summed E-state index contributed by atoms with van der Waals surface area (Å²) in [6, 6.07) is 147. The van der Waals surface area contributed by atoms with Gasteiger partial charge < -0.3 is 73.7 Å². The number of para-hydroxylation sites is 13. The van der Waals surface area contributed by atoms with Gasteiger partial charge in [-0.05, 0) is 247 Å². The van der Waals surface area contributed by atoms with Crippen molar-refractivity contribution < 1.29 is 105 Å². The molecule has 0 spiro atoms. The summed E-state index contributed by atoms with van der Waals surface area (Å²) in [6.07, 6.45) is 19.3. The van der Waals surface area contributed by atoms with Gasteiger partial charge in [-0.25, -0.2) is 15.0 Å². The van der Waals surface area contributed by atoms with Crippen molar-refractivity contribution in [2.75, 3.05) is 29.4 Å². The normalized spacial score (nSPS) is 13.2. The minimum Gasteiger partial charge on any atom is -0.506 e. The number of nitrogens with zero attached hydrogens (tertiary/aromatic N) is 15. The summed E-state index contributed by atoms with van der Waals surface area (Å²) in [7, 11) is -2.78. The molecular formula is C126H107N15O4Pt4Si. The molecule has 4 aliphatic heterocycles. The number of rotatable bonds is 21. The van der Waals surface area contributed by atoms with Crippen LogP contribution in [-0.2, 0) is 106 Å². The fraction of sp³-hybridized carbons (Fsp3) is 0.0952. The molecule has 0 unspecified atom stereocenters. The van der Waals surface area contributed by atoms with E-state index in [-0.39, 0.29) is 113 Å². The second kappa shape index (κ2) is 45.5. The summed E-state index contributed by atoms with van der Waals surface area (Å²) < 4.78 is 4.38. The zero-order chi connectivity index (χ0) is 100. The third-order valence-corrected chi connectivity index (χ3v) is 32.4. The molecule has 0 saturated heterocycles. The summed E-state index contributed by atoms with van der Waals surface area (Å²) in [5.41, 5.74) is 13.8. The van der Waals surface area contributed by atoms with Crippen LogP contribution in [0.15, 0.2) is 456 Å². The number of phenolic OH excluding ortho intramolecular Hbond substituents is 4. The SMILES string of the molecule is CC(C)(c1[c-]c(N(c2ccccc2)c2ccccn2)ccc1)N1C=CN(c2ccccc2O)[CH-]1.CC(C)(c1[c-]c([Si](c2ccccc2)(c2ccccc2)c2ccccn2)ccc1)N1C=CN(c2ccccc2O)[CH-]1.CC(C)(c1[c-]c2c(cc1)c1ccccc1n2-c1ccccn1)N1C=CN(c2ccccc2O)[CH-]1.CC(C)(c1[c-]c2c(cc1)c1ccccc1n2-c1ccccn1)N1[CH-]N(c2ccccc2O)c2ccccc21.[Pt+2].[Pt+2].[Pt+2].[Pt+2]. The van der Waals surface area contributed by atoms with Crippen LogP contribution in [0.3, 0.4) is 0 Å². The number of benzene rings is 14. The number of fused-ring (bicyclic) bond motifs is 7. The van der Waals surface area contributed by atoms with Gasteiger partial charge in [0.2, 0.25) is 0 Å². The number of aromatic hydroxyl groups is 4. The fourth-order valence-electron chi connectivity index (χ4n) is 19.8. The van der Waals surface area contributed by atoms with Gasteiger partial charge in [0.1, 0.15) is 40.5 Å². The molecule has 0 fully saturated rings. The van der Waals surface area contributed by atoms with E-state index in [0.717, 1.165) is 129 Å². The number of phenols is 4. The van der Waals surface area contributed by atoms with Crippen molar-refractivity contribution in [3.63, 3.8) is 0 Å². The van der Waals surface area contributed by atoms with Crippen LogP contribution >= 0.6 is 0 Å². The first-order chi connectivity index (χ1) is 71.1. The second-order valence-corrected chi connectivity index (χ2v) is 41.8. The van der Waals surface area contributed by atoms with Gasteiger partial charge >= 0.3 is 84.3 Å². The first kappa shape index (κ1) is 106. The minimum atomic E-state index is -2.78. The van der Waals surface area contributed by atoms with Gasteiger partial charge in [-0.3, -0.25) is 4.98 Å². The molecule has 10 heterocycles. The molecular weight excluding hydrogens is 2600 g/mol. The standard InChI is InChI=1S/C35H31N3OSi.C33H26N4O.C29H24N4O.C29H26N4O.4Pt/c1-35(2,38-25-24-37(27-38)32-20-9-10-21-33(32)39)28-14-13-19-31(26-28)40(29-15-5-3-6-16-29,30-17-7-4-8-18-30)34-22-11-12-23-36-34;1-33(2,36-22-35(27-13-5-6-14-28(27)36)29-15-7-8-16-31(29)38)23-18-19-25-24-11-3-4-12-26(24)37(30(25)21-23)32-17-9-10-20-34-32;1-29(2,32-18-17-31(20-32)25-11-5-6-12-27(25)34)21-14-15-23-22-9-3-4-10-24(22)33(26(23)19-21)28-13-7-8-16-30-28;1-29(2,32-20-19-31(22-32)26-15-6-7-16-27(26)34)23-11-10-14-25(21-23)33(24-12-4-3-5-13-24)28-17-8-9-18-30-28;;;;/h3-25,27,39H,1-2H3;3-20,22,38H,1-2H3;3-18,20,34H,1-2H3;3-20,22,34H,1-2H3;;;;/q4*-2;4*+2. The summed E-state index contributed by atoms with van der Waals surface area (Å²) in [6.45, 7) is 25.6. The molecule has 150 heavy (non-hydrogen) atoms. The Morgan fingerprint density at radius 2 is 0.647 bits per heavy atom. The number of hydrogen-bond acceptors (Lipinski definition) is 17. The number of pyridine rings is 4. The van der Waals surface area contributed by atoms with E-state index >= 15 is 0 Å². The predicted molar refractivity (Wildman–Crippen MR) is 592 cm³/mol. The second-order valence-electron chi connectivity index (χ2n) is 38.1. The number of hydrogen-bond donors (Lipinski definition) is 4. The zero-order valence-electron chi connectivity index (χ0n) is 83.4. The molecule has 6 aromatic heterocycles. The molecule has 754 valence electrons. The van der Waals surface area contributed by atoms with Crippen molar-refractivity contribution in [3.8, 4) is 34.6 Å². The molecule has 0 aliphatic carbocycles. The largest absolute Gasteiger partial charge is 2.00 e. The van der Waals surface area contributed by atoms with Crippen LogP contribution < -0.4 is 50.3 Å². The molecule has 24 rings (SSSR count). The van der Waals surface area contributed by atoms with Crippen LogP contribution in [0.2, 0.25) is 0 Å². The van der Waals surface area contributed by atoms with E-state index < -0.39 is 24.7 Å². The number of aromatic nitrogens is 6. The van der Waals surface area contributed by atoms with E-state index in [9.17, 15) is 20.4 Å². The molecule has 0 saturated carbocycles. The summed E-state index contributed by atoms with van der Waals surface area (Å²) in [5, 5.41) is 51.0. The van der Waals surface area contributed by atoms with Crippen LogP contribution in [0.4, 0.5) is 51.3 Å². The van der Waals surface area contributed by atoms with Crippen LogP contribution in [-0.4, -0.2) is 72.3 Å². The Morgan fingerprint density at radius 1 is 0.280 bits per heavy atom. The molecule has 0 amide bonds. The van der Waals surface area contributed by atoms with Gasteiger partial charge in [0, 0.05) is 80.4 Å². The minimum absolute atomic E-state index is 0. The molecule has 24 heteroatoms. The van der Waals surface area contributed by atoms with Crippen molar-refractivity contribution in [1.82, 2.24) is 43.8 Å². The molecule has 0 radical (unpaired) electrons. The van der Waals surface area contributed by atoms with Gasteiger partial charge in [0.05, 0.1) is 22.7 Å². The van der Waals surface area contributed by atoms with Crippen molar-refractivity contribution in [3.05, 3.63) is 529 Å². The average molecular weight is 2700 g/mol. The van der Waals surface area contributed by atoms with Crippen molar-refractivity contribution >= 4 is 124 Å². The maximum absolute atomic E-state index is 10.6. The predicted octanol–water partition coefficient (Wildman–Crippen LogP) is 25.3. The van der Waals surface area contributed by atoms with Crippen LogP contribution in [0.5, 0.6) is 23.0 Å². The van der Waals surface area contributed by atoms with Crippen LogP contribution in [0, 0.1) is 50.9 Å². The van der Waals surface area contributed by atoms with Gasteiger partial charge in [-0.2, -0.15) is 104 Å². The van der Waals surface area contributed by atoms with E-state index in [1.807, 2.05) is 248 Å². The van der Waals surface area contributed by atoms with Crippen LogP contribution in [0.25, 0.3) is 55.2 Å². The third-order valence-electron chi connectivity index (χ3n) is 27.8. The Labute approximate surface area is 935 Å². The molecule has 4 aliphatic rings. The van der Waals surface area contributed by atoms with E-state index in [1.165, 1.54) is 21.1 Å². The van der Waals surface area contributed by atoms with Gasteiger partial charge in [0.25, 0.3) is 0 Å². The van der Waals surface area contributed by atoms with Crippen LogP contribution in [0.1, 0.15) is 77.6 Å². The average Bonchev–Trinajstić information content (AvgIpc) is 1.26. The van der Waals surface area contributed by atoms with Crippen molar-refractivity contribution in [2.45, 2.75) is 77.5 Å². The zero-order valence-corrected chi connectivity index (χ0v) is 93.5. The third kappa shape index (κ3) is 20.6. The maximum Gasteiger partial charge on any atom is 2.00 e. The monoisotopic (exact) mass is 2700 g/mol. The quantitative estimate of drug-likeness (QED) is 0.0304. The fourth-order valence-corrected chi connectivity index (χ4v) is 24.3.